The Morgan fingerprint density at radius 1 is 1.16 bits per heavy atom. The topological polar surface area (TPSA) is 91.8 Å². The van der Waals surface area contributed by atoms with Crippen LogP contribution in [0.15, 0.2) is 46.9 Å². The molecule has 1 aromatic heterocycles. The van der Waals surface area contributed by atoms with Crippen LogP contribution in [0.1, 0.15) is 27.7 Å². The molecule has 2 rings (SSSR count). The average Bonchev–Trinajstić information content (AvgIpc) is 3.00. The van der Waals surface area contributed by atoms with Gasteiger partial charge in [0.2, 0.25) is 0 Å². The lowest BCUT2D eigenvalue weighted by molar-refractivity contribution is -0.657. The lowest BCUT2D eigenvalue weighted by Crippen LogP contribution is -2.27. The van der Waals surface area contributed by atoms with Crippen molar-refractivity contribution in [2.24, 2.45) is 30.1 Å². The number of nitrogens with two attached hydrogens (primary N) is 1. The molecule has 140 valence electrons. The summed E-state index contributed by atoms with van der Waals surface area (Å²) < 4.78 is 3.79. The highest BCUT2D eigenvalue weighted by Gasteiger charge is 2.10. The number of aliphatic hydroxyl groups is 1. The molecule has 7 nitrogen and oxygen atoms in total. The quantitative estimate of drug-likeness (QED) is 0.553. The van der Waals surface area contributed by atoms with Crippen molar-refractivity contribution in [3.63, 3.8) is 0 Å². The van der Waals surface area contributed by atoms with Gasteiger partial charge in [0.25, 0.3) is 0 Å². The van der Waals surface area contributed by atoms with Gasteiger partial charge in [-0.3, -0.25) is 0 Å². The second-order valence-electron chi connectivity index (χ2n) is 4.84. The maximum atomic E-state index is 9.39. The fourth-order valence-corrected chi connectivity index (χ4v) is 1.79. The molecule has 7 heteroatoms. The van der Waals surface area contributed by atoms with Gasteiger partial charge in [-0.2, -0.15) is 0 Å². The first-order valence-electron chi connectivity index (χ1n) is 8.75. The van der Waals surface area contributed by atoms with E-state index in [9.17, 15) is 5.11 Å². The molecule has 25 heavy (non-hydrogen) atoms. The molecule has 1 aromatic carbocycles. The second-order valence-corrected chi connectivity index (χ2v) is 4.84. The molecule has 0 fully saturated rings. The van der Waals surface area contributed by atoms with Crippen LogP contribution in [-0.4, -0.2) is 28.9 Å². The second kappa shape index (κ2) is 13.1. The van der Waals surface area contributed by atoms with E-state index in [2.05, 4.69) is 15.5 Å². The number of imidazole rings is 1. The van der Waals surface area contributed by atoms with E-state index in [1.165, 1.54) is 0 Å². The Kier molecular flexibility index (Phi) is 11.9. The minimum Gasteiger partial charge on any atom is -0.390 e. The smallest absolute Gasteiger partial charge is 0.390 e. The van der Waals surface area contributed by atoms with Crippen LogP contribution in [0.25, 0.3) is 0 Å². The summed E-state index contributed by atoms with van der Waals surface area (Å²) in [4.78, 5) is 0. The van der Waals surface area contributed by atoms with Crippen molar-refractivity contribution >= 4 is 17.3 Å². The molecule has 0 aliphatic heterocycles. The van der Waals surface area contributed by atoms with E-state index < -0.39 is 6.10 Å². The van der Waals surface area contributed by atoms with Crippen molar-refractivity contribution in [1.29, 1.82) is 0 Å². The minimum atomic E-state index is -0.540. The summed E-state index contributed by atoms with van der Waals surface area (Å²) in [6.07, 6.45) is 3.30. The lowest BCUT2D eigenvalue weighted by atomic mass is 10.2. The van der Waals surface area contributed by atoms with Crippen LogP contribution in [0.4, 0.5) is 17.3 Å². The summed E-state index contributed by atoms with van der Waals surface area (Å²) in [5, 5.41) is 20.9. The maximum absolute atomic E-state index is 9.39. The summed E-state index contributed by atoms with van der Waals surface area (Å²) in [6.45, 7) is 8.67. The highest BCUT2D eigenvalue weighted by atomic mass is 16.3. The van der Waals surface area contributed by atoms with E-state index in [1.807, 2.05) is 87.6 Å². The van der Waals surface area contributed by atoms with Gasteiger partial charge in [-0.1, -0.05) is 32.8 Å². The van der Waals surface area contributed by atoms with Gasteiger partial charge < -0.3 is 16.2 Å². The van der Waals surface area contributed by atoms with Crippen LogP contribution in [-0.2, 0) is 14.1 Å². The van der Waals surface area contributed by atoms with Crippen LogP contribution in [0, 0.1) is 0 Å². The molecular weight excluding hydrogens is 316 g/mol. The number of hydrogen-bond acceptors (Lipinski definition) is 5. The molecule has 1 unspecified atom stereocenters. The van der Waals surface area contributed by atoms with Crippen molar-refractivity contribution in [3.05, 3.63) is 36.7 Å². The van der Waals surface area contributed by atoms with E-state index in [4.69, 9.17) is 5.73 Å². The number of nitrogens with one attached hydrogen (secondary N) is 1. The molecule has 4 N–H and O–H groups in total. The van der Waals surface area contributed by atoms with Crippen LogP contribution in [0.3, 0.4) is 0 Å². The SMILES string of the molecule is CC.CC.Cn1cc[n+](C)c1N=Nc1ccc(NCC(O)CN)cc1. The van der Waals surface area contributed by atoms with Crippen LogP contribution < -0.4 is 15.6 Å². The first kappa shape index (κ1) is 22.8. The highest BCUT2D eigenvalue weighted by molar-refractivity contribution is 5.50. The first-order chi connectivity index (χ1) is 12.1. The first-order valence-corrected chi connectivity index (χ1v) is 8.75. The normalized spacial score (nSPS) is 11.2. The van der Waals surface area contributed by atoms with Crippen LogP contribution >= 0.6 is 0 Å². The molecule has 2 aromatic rings. The Bertz CT molecular complexity index is 587. The lowest BCUT2D eigenvalue weighted by Gasteiger charge is -2.10. The predicted molar refractivity (Wildman–Crippen MR) is 103 cm³/mol. The minimum absolute atomic E-state index is 0.243. The van der Waals surface area contributed by atoms with Gasteiger partial charge in [0.15, 0.2) is 0 Å². The summed E-state index contributed by atoms with van der Waals surface area (Å²) in [5.41, 5.74) is 7.02. The molecule has 1 heterocycles. The maximum Gasteiger partial charge on any atom is 0.421 e. The van der Waals surface area contributed by atoms with Gasteiger partial charge >= 0.3 is 5.95 Å². The summed E-state index contributed by atoms with van der Waals surface area (Å²) in [6, 6.07) is 7.51. The van der Waals surface area contributed by atoms with Crippen LogP contribution in [0.5, 0.6) is 0 Å². The fourth-order valence-electron chi connectivity index (χ4n) is 1.79. The van der Waals surface area contributed by atoms with E-state index >= 15 is 0 Å². The molecule has 0 saturated carbocycles. The van der Waals surface area contributed by atoms with Gasteiger partial charge in [-0.25, -0.2) is 9.13 Å². The van der Waals surface area contributed by atoms with Crippen molar-refractivity contribution < 1.29 is 9.67 Å². The van der Waals surface area contributed by atoms with Crippen LogP contribution in [0.2, 0.25) is 0 Å². The third-order valence-corrected chi connectivity index (χ3v) is 3.08. The molecule has 0 aliphatic carbocycles. The molecule has 1 atom stereocenters. The van der Waals surface area contributed by atoms with E-state index in [0.29, 0.717) is 6.54 Å². The van der Waals surface area contributed by atoms with E-state index in [0.717, 1.165) is 17.3 Å². The summed E-state index contributed by atoms with van der Waals surface area (Å²) in [5.74, 6) is 0.767. The van der Waals surface area contributed by atoms with Gasteiger partial charge in [0.1, 0.15) is 5.69 Å². The zero-order valence-corrected chi connectivity index (χ0v) is 16.3. The van der Waals surface area contributed by atoms with Crippen molar-refractivity contribution in [1.82, 2.24) is 4.57 Å². The number of anilines is 1. The molecule has 0 saturated heterocycles. The molecule has 0 radical (unpaired) electrons. The largest absolute Gasteiger partial charge is 0.421 e. The van der Waals surface area contributed by atoms with Crippen molar-refractivity contribution in [3.8, 4) is 0 Å². The molecular formula is C18H33N6O+. The number of aryl methyl sites for hydroxylation is 2. The Morgan fingerprint density at radius 2 is 1.76 bits per heavy atom. The molecule has 0 bridgehead atoms. The number of aromatic nitrogens is 2. The van der Waals surface area contributed by atoms with E-state index in [1.54, 1.807) is 0 Å². The van der Waals surface area contributed by atoms with E-state index in [-0.39, 0.29) is 6.54 Å². The van der Waals surface area contributed by atoms with Crippen molar-refractivity contribution in [2.45, 2.75) is 33.8 Å². The Morgan fingerprint density at radius 3 is 2.24 bits per heavy atom. The molecule has 0 spiro atoms. The van der Waals surface area contributed by atoms with Crippen molar-refractivity contribution in [2.75, 3.05) is 18.4 Å². The average molecular weight is 350 g/mol. The Balaban J connectivity index is 0.00000134. The zero-order chi connectivity index (χ0) is 19.2. The van der Waals surface area contributed by atoms with Gasteiger partial charge in [0.05, 0.1) is 32.6 Å². The molecule has 0 amide bonds. The number of azo groups is 1. The number of benzene rings is 1. The van der Waals surface area contributed by atoms with Gasteiger partial charge in [0, 0.05) is 23.9 Å². The highest BCUT2D eigenvalue weighted by Crippen LogP contribution is 2.18. The number of hydrogen-bond donors (Lipinski definition) is 3. The third-order valence-electron chi connectivity index (χ3n) is 3.08. The molecule has 0 aliphatic rings. The number of aliphatic hydroxyl groups excluding tert-OH is 1. The number of rotatable bonds is 6. The Hall–Kier alpha value is -2.25. The summed E-state index contributed by atoms with van der Waals surface area (Å²) >= 11 is 0. The standard InChI is InChI=1S/C14H20N6O.2C2H6/c1-19-7-8-20(2)14(19)18-17-12-5-3-11(4-6-12)16-10-13(21)9-15;2*1-2/h3-8,13,21H,9-10,15H2,1-2H3;2*1-2H3/p+1. The zero-order valence-electron chi connectivity index (χ0n) is 16.3. The van der Waals surface area contributed by atoms with Gasteiger partial charge in [-0.05, 0) is 24.3 Å². The Labute approximate surface area is 151 Å². The third kappa shape index (κ3) is 7.91. The fraction of sp³-hybridized carbons (Fsp3) is 0.500. The van der Waals surface area contributed by atoms with Gasteiger partial charge in [-0.15, -0.1) is 0 Å². The monoisotopic (exact) mass is 349 g/mol. The predicted octanol–water partition coefficient (Wildman–Crippen LogP) is 3.05. The number of nitrogens with zero attached hydrogens (tertiary/aromatic N) is 4. The summed E-state index contributed by atoms with van der Waals surface area (Å²) in [7, 11) is 3.84.